The Morgan fingerprint density at radius 1 is 1.36 bits per heavy atom. The molecule has 0 bridgehead atoms. The molecule has 1 heterocycles. The van der Waals surface area contributed by atoms with E-state index in [1.165, 1.54) is 15.9 Å². The summed E-state index contributed by atoms with van der Waals surface area (Å²) < 4.78 is 0. The molecule has 7 heteroatoms. The summed E-state index contributed by atoms with van der Waals surface area (Å²) in [5.74, 6) is -0.747. The summed E-state index contributed by atoms with van der Waals surface area (Å²) >= 11 is 0. The van der Waals surface area contributed by atoms with Gasteiger partial charge in [0.15, 0.2) is 0 Å². The molecule has 0 unspecified atom stereocenters. The van der Waals surface area contributed by atoms with E-state index < -0.39 is 11.9 Å². The Kier molecular flexibility index (Phi) is 5.96. The van der Waals surface area contributed by atoms with Crippen LogP contribution in [0.4, 0.5) is 4.79 Å². The van der Waals surface area contributed by atoms with E-state index in [9.17, 15) is 14.4 Å². The molecule has 2 N–H and O–H groups in total. The maximum absolute atomic E-state index is 12.5. The Hall–Kier alpha value is -2.05. The first-order chi connectivity index (χ1) is 10.2. The molecule has 0 aliphatic carbocycles. The molecule has 124 valence electrons. The molecule has 0 spiro atoms. The number of nitrogens with zero attached hydrogens (tertiary/aromatic N) is 3. The number of urea groups is 1. The average Bonchev–Trinajstić information content (AvgIpc) is 2.41. The van der Waals surface area contributed by atoms with Crippen molar-refractivity contribution in [1.82, 2.24) is 14.7 Å². The van der Waals surface area contributed by atoms with Crippen LogP contribution >= 0.6 is 0 Å². The number of likely N-dealkylation sites (tertiary alicyclic amines) is 1. The normalized spacial score (nSPS) is 18.4. The van der Waals surface area contributed by atoms with Crippen LogP contribution in [0.15, 0.2) is 12.7 Å². The van der Waals surface area contributed by atoms with Gasteiger partial charge in [-0.25, -0.2) is 4.79 Å². The molecule has 1 rings (SSSR count). The summed E-state index contributed by atoms with van der Waals surface area (Å²) in [5.41, 5.74) is 5.39. The summed E-state index contributed by atoms with van der Waals surface area (Å²) in [7, 11) is 3.26. The number of hydrogen-bond donors (Lipinski definition) is 1. The van der Waals surface area contributed by atoms with Gasteiger partial charge in [-0.05, 0) is 18.4 Å². The van der Waals surface area contributed by atoms with Crippen molar-refractivity contribution < 1.29 is 14.4 Å². The summed E-state index contributed by atoms with van der Waals surface area (Å²) in [5, 5.41) is 0. The molecule has 1 aliphatic heterocycles. The van der Waals surface area contributed by atoms with E-state index in [2.05, 4.69) is 6.58 Å². The Morgan fingerprint density at radius 2 is 1.95 bits per heavy atom. The van der Waals surface area contributed by atoms with Crippen molar-refractivity contribution in [3.63, 3.8) is 0 Å². The highest BCUT2D eigenvalue weighted by Gasteiger charge is 2.38. The molecule has 0 aromatic heterocycles. The van der Waals surface area contributed by atoms with Crippen molar-refractivity contribution in [3.8, 4) is 0 Å². The van der Waals surface area contributed by atoms with Gasteiger partial charge >= 0.3 is 6.03 Å². The van der Waals surface area contributed by atoms with Crippen LogP contribution in [0.5, 0.6) is 0 Å². The summed E-state index contributed by atoms with van der Waals surface area (Å²) in [6, 6.07) is -0.904. The number of likely N-dealkylation sites (N-methyl/N-ethyl adjacent to an activating group) is 2. The molecule has 1 saturated heterocycles. The number of rotatable bonds is 6. The molecular formula is C15H26N4O3. The molecule has 1 aliphatic rings. The van der Waals surface area contributed by atoms with E-state index in [1.54, 1.807) is 19.0 Å². The standard InChI is InChI=1S/C15H26N4O3/c1-6-12(20)17(4)9-11-7-8-19(11)15(22)18(5)13(10(2)3)14(16)21/h6,10-11,13H,1,7-9H2,2-5H3,(H2,16,21)/t11-,13-/m0/s1. The van der Waals surface area contributed by atoms with E-state index >= 15 is 0 Å². The summed E-state index contributed by atoms with van der Waals surface area (Å²) in [6.07, 6.45) is 2.08. The van der Waals surface area contributed by atoms with Gasteiger partial charge in [0.2, 0.25) is 11.8 Å². The van der Waals surface area contributed by atoms with E-state index in [1.807, 2.05) is 13.8 Å². The maximum Gasteiger partial charge on any atom is 0.320 e. The smallest absolute Gasteiger partial charge is 0.320 e. The SMILES string of the molecule is C=CC(=O)N(C)C[C@@H]1CCN1C(=O)N(C)[C@H](C(N)=O)C(C)C. The highest BCUT2D eigenvalue weighted by molar-refractivity contribution is 5.87. The largest absolute Gasteiger partial charge is 0.368 e. The molecule has 0 aromatic carbocycles. The van der Waals surface area contributed by atoms with Gasteiger partial charge in [0.25, 0.3) is 0 Å². The molecule has 0 radical (unpaired) electrons. The lowest BCUT2D eigenvalue weighted by Gasteiger charge is -2.45. The van der Waals surface area contributed by atoms with Gasteiger partial charge in [-0.1, -0.05) is 20.4 Å². The van der Waals surface area contributed by atoms with Crippen LogP contribution in [0.3, 0.4) is 0 Å². The highest BCUT2D eigenvalue weighted by atomic mass is 16.2. The lowest BCUT2D eigenvalue weighted by Crippen LogP contribution is -2.62. The minimum atomic E-state index is -0.638. The molecule has 4 amide bonds. The lowest BCUT2D eigenvalue weighted by molar-refractivity contribution is -0.126. The topological polar surface area (TPSA) is 87.0 Å². The second-order valence-corrected chi connectivity index (χ2v) is 6.04. The zero-order chi connectivity index (χ0) is 17.0. The Bertz CT molecular complexity index is 464. The van der Waals surface area contributed by atoms with Gasteiger partial charge < -0.3 is 20.4 Å². The van der Waals surface area contributed by atoms with Crippen LogP contribution in [-0.4, -0.2) is 71.8 Å². The number of carbonyl (C=O) groups excluding carboxylic acids is 3. The van der Waals surface area contributed by atoms with Crippen LogP contribution in [0.1, 0.15) is 20.3 Å². The van der Waals surface area contributed by atoms with Crippen LogP contribution in [-0.2, 0) is 9.59 Å². The predicted octanol–water partition coefficient (Wildman–Crippen LogP) is 0.267. The fraction of sp³-hybridized carbons (Fsp3) is 0.667. The minimum Gasteiger partial charge on any atom is -0.368 e. The van der Waals surface area contributed by atoms with E-state index in [0.29, 0.717) is 13.1 Å². The van der Waals surface area contributed by atoms with Gasteiger partial charge in [-0.2, -0.15) is 0 Å². The first-order valence-electron chi connectivity index (χ1n) is 7.41. The third-order valence-corrected chi connectivity index (χ3v) is 4.07. The molecule has 0 saturated carbocycles. The molecular weight excluding hydrogens is 284 g/mol. The predicted molar refractivity (Wildman–Crippen MR) is 83.9 cm³/mol. The quantitative estimate of drug-likeness (QED) is 0.714. The lowest BCUT2D eigenvalue weighted by atomic mass is 10.0. The third kappa shape index (κ3) is 3.78. The van der Waals surface area contributed by atoms with Crippen LogP contribution < -0.4 is 5.73 Å². The fourth-order valence-electron chi connectivity index (χ4n) is 2.73. The molecule has 0 aromatic rings. The van der Waals surface area contributed by atoms with Crippen molar-refractivity contribution in [3.05, 3.63) is 12.7 Å². The monoisotopic (exact) mass is 310 g/mol. The number of amides is 4. The Labute approximate surface area is 131 Å². The van der Waals surface area contributed by atoms with Crippen LogP contribution in [0.2, 0.25) is 0 Å². The first kappa shape index (κ1) is 18.0. The molecule has 22 heavy (non-hydrogen) atoms. The zero-order valence-electron chi connectivity index (χ0n) is 13.8. The van der Waals surface area contributed by atoms with Crippen molar-refractivity contribution in [2.24, 2.45) is 11.7 Å². The van der Waals surface area contributed by atoms with E-state index in [0.717, 1.165) is 6.42 Å². The van der Waals surface area contributed by atoms with E-state index in [4.69, 9.17) is 5.73 Å². The average molecular weight is 310 g/mol. The Balaban J connectivity index is 2.71. The van der Waals surface area contributed by atoms with Crippen molar-refractivity contribution >= 4 is 17.8 Å². The van der Waals surface area contributed by atoms with Gasteiger partial charge in [0.1, 0.15) is 6.04 Å². The molecule has 7 nitrogen and oxygen atoms in total. The number of hydrogen-bond acceptors (Lipinski definition) is 3. The second-order valence-electron chi connectivity index (χ2n) is 6.04. The van der Waals surface area contributed by atoms with Crippen molar-refractivity contribution in [2.45, 2.75) is 32.4 Å². The maximum atomic E-state index is 12.5. The fourth-order valence-corrected chi connectivity index (χ4v) is 2.73. The highest BCUT2D eigenvalue weighted by Crippen LogP contribution is 2.22. The summed E-state index contributed by atoms with van der Waals surface area (Å²) in [6.45, 7) is 8.22. The minimum absolute atomic E-state index is 0.0375. The number of primary amides is 1. The van der Waals surface area contributed by atoms with Gasteiger partial charge in [-0.3, -0.25) is 9.59 Å². The summed E-state index contributed by atoms with van der Waals surface area (Å²) in [4.78, 5) is 40.2. The zero-order valence-corrected chi connectivity index (χ0v) is 13.8. The van der Waals surface area contributed by atoms with Crippen LogP contribution in [0.25, 0.3) is 0 Å². The third-order valence-electron chi connectivity index (χ3n) is 4.07. The first-order valence-corrected chi connectivity index (χ1v) is 7.41. The van der Waals surface area contributed by atoms with E-state index in [-0.39, 0.29) is 23.9 Å². The van der Waals surface area contributed by atoms with Crippen LogP contribution in [0, 0.1) is 5.92 Å². The number of nitrogens with two attached hydrogens (primary N) is 1. The van der Waals surface area contributed by atoms with Gasteiger partial charge in [0, 0.05) is 27.2 Å². The van der Waals surface area contributed by atoms with Gasteiger partial charge in [0.05, 0.1) is 6.04 Å². The van der Waals surface area contributed by atoms with Gasteiger partial charge in [-0.15, -0.1) is 0 Å². The van der Waals surface area contributed by atoms with Crippen molar-refractivity contribution in [1.29, 1.82) is 0 Å². The second kappa shape index (κ2) is 7.29. The van der Waals surface area contributed by atoms with Crippen molar-refractivity contribution in [2.75, 3.05) is 27.2 Å². The Morgan fingerprint density at radius 3 is 2.32 bits per heavy atom. The molecule has 2 atom stereocenters. The number of carbonyl (C=O) groups is 3. The molecule has 1 fully saturated rings.